The molecule has 0 aromatic heterocycles. The number of nitrogens with one attached hydrogen (secondary N) is 1. The van der Waals surface area contributed by atoms with E-state index in [1.165, 1.54) is 11.1 Å². The van der Waals surface area contributed by atoms with Crippen molar-refractivity contribution in [3.63, 3.8) is 0 Å². The fourth-order valence-corrected chi connectivity index (χ4v) is 2.71. The zero-order valence-electron chi connectivity index (χ0n) is 11.8. The molecular weight excluding hydrogens is 266 g/mol. The molecule has 108 valence electrons. The third-order valence-corrected chi connectivity index (χ3v) is 3.87. The molecule has 0 aliphatic carbocycles. The maximum Gasteiger partial charge on any atom is 0.336 e. The monoisotopic (exact) mass is 283 g/mol. The van der Waals surface area contributed by atoms with Crippen molar-refractivity contribution in [1.29, 1.82) is 0 Å². The highest BCUT2D eigenvalue weighted by Gasteiger charge is 2.21. The van der Waals surface area contributed by atoms with E-state index in [0.29, 0.717) is 18.8 Å². The molecule has 0 amide bonds. The van der Waals surface area contributed by atoms with E-state index in [4.69, 9.17) is 4.74 Å². The molecule has 1 heterocycles. The minimum absolute atomic E-state index is 0.0395. The number of aromatic carboxylic acids is 1. The van der Waals surface area contributed by atoms with Gasteiger partial charge in [0.1, 0.15) is 0 Å². The van der Waals surface area contributed by atoms with Crippen LogP contribution in [0.2, 0.25) is 0 Å². The molecule has 0 spiro atoms. The smallest absolute Gasteiger partial charge is 0.336 e. The highest BCUT2D eigenvalue weighted by atomic mass is 16.5. The van der Waals surface area contributed by atoms with Crippen LogP contribution < -0.4 is 5.32 Å². The Balaban J connectivity index is 1.92. The van der Waals surface area contributed by atoms with Gasteiger partial charge in [0.05, 0.1) is 24.8 Å². The Hall–Kier alpha value is -2.33. The van der Waals surface area contributed by atoms with E-state index < -0.39 is 5.97 Å². The van der Waals surface area contributed by atoms with Gasteiger partial charge in [-0.25, -0.2) is 4.79 Å². The molecule has 0 fully saturated rings. The summed E-state index contributed by atoms with van der Waals surface area (Å²) < 4.78 is 5.62. The van der Waals surface area contributed by atoms with Crippen LogP contribution in [0.3, 0.4) is 0 Å². The van der Waals surface area contributed by atoms with Crippen LogP contribution in [0, 0.1) is 6.92 Å². The molecule has 0 bridgehead atoms. The first kappa shape index (κ1) is 13.6. The number of hydrogen-bond acceptors (Lipinski definition) is 3. The van der Waals surface area contributed by atoms with Gasteiger partial charge in [0, 0.05) is 5.69 Å². The van der Waals surface area contributed by atoms with Crippen LogP contribution in [0.5, 0.6) is 0 Å². The Labute approximate surface area is 123 Å². The molecule has 0 radical (unpaired) electrons. The van der Waals surface area contributed by atoms with Gasteiger partial charge in [-0.2, -0.15) is 0 Å². The molecule has 4 heteroatoms. The summed E-state index contributed by atoms with van der Waals surface area (Å²) >= 11 is 0. The number of carboxylic acid groups (broad SMARTS) is 1. The topological polar surface area (TPSA) is 58.6 Å². The molecule has 0 saturated carbocycles. The predicted octanol–water partition coefficient (Wildman–Crippen LogP) is 3.38. The molecule has 1 aliphatic heterocycles. The number of benzene rings is 2. The Bertz CT molecular complexity index is 681. The van der Waals surface area contributed by atoms with Crippen molar-refractivity contribution in [3.05, 3.63) is 64.7 Å². The standard InChI is InChI=1S/C17H17NO3/c1-11-13(17(19)20)7-4-8-15(11)18-16-10-21-9-12-5-2-3-6-14(12)16/h2-8,16,18H,9-10H2,1H3,(H,19,20). The van der Waals surface area contributed by atoms with Gasteiger partial charge in [-0.15, -0.1) is 0 Å². The van der Waals surface area contributed by atoms with Crippen molar-refractivity contribution in [1.82, 2.24) is 0 Å². The van der Waals surface area contributed by atoms with Crippen molar-refractivity contribution in [2.75, 3.05) is 11.9 Å². The average Bonchev–Trinajstić information content (AvgIpc) is 2.49. The van der Waals surface area contributed by atoms with E-state index in [2.05, 4.69) is 17.4 Å². The molecule has 0 saturated heterocycles. The zero-order chi connectivity index (χ0) is 14.8. The fraction of sp³-hybridized carbons (Fsp3) is 0.235. The van der Waals surface area contributed by atoms with Gasteiger partial charge in [-0.1, -0.05) is 30.3 Å². The maximum atomic E-state index is 11.2. The van der Waals surface area contributed by atoms with Crippen LogP contribution in [0.1, 0.15) is 33.1 Å². The SMILES string of the molecule is Cc1c(NC2COCc3ccccc32)cccc1C(=O)O. The molecule has 1 unspecified atom stereocenters. The van der Waals surface area contributed by atoms with Crippen LogP contribution in [0.25, 0.3) is 0 Å². The molecule has 2 N–H and O–H groups in total. The van der Waals surface area contributed by atoms with Crippen molar-refractivity contribution in [2.45, 2.75) is 19.6 Å². The summed E-state index contributed by atoms with van der Waals surface area (Å²) in [6.45, 7) is 3.03. The summed E-state index contributed by atoms with van der Waals surface area (Å²) in [5.74, 6) is -0.906. The number of rotatable bonds is 3. The number of carbonyl (C=O) groups is 1. The van der Waals surface area contributed by atoms with Crippen molar-refractivity contribution < 1.29 is 14.6 Å². The summed E-state index contributed by atoms with van der Waals surface area (Å²) in [7, 11) is 0. The first-order chi connectivity index (χ1) is 10.2. The lowest BCUT2D eigenvalue weighted by Gasteiger charge is -2.28. The van der Waals surface area contributed by atoms with Crippen LogP contribution in [0.15, 0.2) is 42.5 Å². The summed E-state index contributed by atoms with van der Waals surface area (Å²) in [6, 6.07) is 13.5. The van der Waals surface area contributed by atoms with Crippen LogP contribution in [0.4, 0.5) is 5.69 Å². The molecule has 2 aromatic carbocycles. The molecular formula is C17H17NO3. The van der Waals surface area contributed by atoms with E-state index in [-0.39, 0.29) is 6.04 Å². The summed E-state index contributed by atoms with van der Waals surface area (Å²) in [5, 5.41) is 12.6. The normalized spacial score (nSPS) is 17.1. The van der Waals surface area contributed by atoms with Gasteiger partial charge < -0.3 is 15.2 Å². The lowest BCUT2D eigenvalue weighted by molar-refractivity contribution is 0.0696. The second-order valence-electron chi connectivity index (χ2n) is 5.19. The minimum Gasteiger partial charge on any atom is -0.478 e. The van der Waals surface area contributed by atoms with Gasteiger partial charge in [0.25, 0.3) is 0 Å². The average molecular weight is 283 g/mol. The summed E-state index contributed by atoms with van der Waals surface area (Å²) in [6.07, 6.45) is 0. The zero-order valence-corrected chi connectivity index (χ0v) is 11.8. The first-order valence-corrected chi connectivity index (χ1v) is 6.92. The quantitative estimate of drug-likeness (QED) is 0.906. The largest absolute Gasteiger partial charge is 0.478 e. The van der Waals surface area contributed by atoms with Gasteiger partial charge in [0.15, 0.2) is 0 Å². The second kappa shape index (κ2) is 5.58. The summed E-state index contributed by atoms with van der Waals surface area (Å²) in [5.41, 5.74) is 4.29. The number of hydrogen-bond donors (Lipinski definition) is 2. The number of ether oxygens (including phenoxy) is 1. The van der Waals surface area contributed by atoms with Gasteiger partial charge in [0.2, 0.25) is 0 Å². The van der Waals surface area contributed by atoms with Crippen molar-refractivity contribution in [3.8, 4) is 0 Å². The number of anilines is 1. The van der Waals surface area contributed by atoms with Crippen LogP contribution in [-0.4, -0.2) is 17.7 Å². The third-order valence-electron chi connectivity index (χ3n) is 3.87. The lowest BCUT2D eigenvalue weighted by Crippen LogP contribution is -2.23. The molecule has 4 nitrogen and oxygen atoms in total. The molecule has 3 rings (SSSR count). The fourth-order valence-electron chi connectivity index (χ4n) is 2.71. The van der Waals surface area contributed by atoms with E-state index in [1.54, 1.807) is 12.1 Å². The Morgan fingerprint density at radius 2 is 2.05 bits per heavy atom. The number of fused-ring (bicyclic) bond motifs is 1. The van der Waals surface area contributed by atoms with E-state index in [0.717, 1.165) is 11.3 Å². The predicted molar refractivity (Wildman–Crippen MR) is 80.6 cm³/mol. The van der Waals surface area contributed by atoms with E-state index >= 15 is 0 Å². The van der Waals surface area contributed by atoms with E-state index in [9.17, 15) is 9.90 Å². The van der Waals surface area contributed by atoms with Crippen LogP contribution >= 0.6 is 0 Å². The van der Waals surface area contributed by atoms with Gasteiger partial charge in [-0.3, -0.25) is 0 Å². The Kier molecular flexibility index (Phi) is 3.62. The maximum absolute atomic E-state index is 11.2. The van der Waals surface area contributed by atoms with Gasteiger partial charge >= 0.3 is 5.97 Å². The first-order valence-electron chi connectivity index (χ1n) is 6.92. The highest BCUT2D eigenvalue weighted by Crippen LogP contribution is 2.29. The molecule has 1 atom stereocenters. The second-order valence-corrected chi connectivity index (χ2v) is 5.19. The van der Waals surface area contributed by atoms with E-state index in [1.807, 2.05) is 25.1 Å². The molecule has 21 heavy (non-hydrogen) atoms. The van der Waals surface area contributed by atoms with Crippen molar-refractivity contribution >= 4 is 11.7 Å². The highest BCUT2D eigenvalue weighted by molar-refractivity contribution is 5.91. The summed E-state index contributed by atoms with van der Waals surface area (Å²) in [4.78, 5) is 11.2. The molecule has 1 aliphatic rings. The molecule has 2 aromatic rings. The van der Waals surface area contributed by atoms with Crippen LogP contribution in [-0.2, 0) is 11.3 Å². The van der Waals surface area contributed by atoms with Gasteiger partial charge in [-0.05, 0) is 35.7 Å². The minimum atomic E-state index is -0.906. The number of carboxylic acids is 1. The lowest BCUT2D eigenvalue weighted by atomic mass is 9.98. The third kappa shape index (κ3) is 2.62. The Morgan fingerprint density at radius 1 is 1.24 bits per heavy atom. The Morgan fingerprint density at radius 3 is 2.86 bits per heavy atom. The van der Waals surface area contributed by atoms with Crippen molar-refractivity contribution in [2.24, 2.45) is 0 Å².